The van der Waals surface area contributed by atoms with Crippen molar-refractivity contribution in [3.05, 3.63) is 101 Å². The molecule has 33 heavy (non-hydrogen) atoms. The van der Waals surface area contributed by atoms with Crippen LogP contribution in [0.1, 0.15) is 49.9 Å². The second kappa shape index (κ2) is 6.77. The van der Waals surface area contributed by atoms with E-state index in [-0.39, 0.29) is 10.8 Å². The molecule has 4 aromatic rings. The predicted molar refractivity (Wildman–Crippen MR) is 139 cm³/mol. The van der Waals surface area contributed by atoms with Crippen LogP contribution in [0.2, 0.25) is 0 Å². The van der Waals surface area contributed by atoms with E-state index < -0.39 is 10.8 Å². The lowest BCUT2D eigenvalue weighted by Crippen LogP contribution is -2.16. The highest BCUT2D eigenvalue weighted by Crippen LogP contribution is 2.57. The summed E-state index contributed by atoms with van der Waals surface area (Å²) in [4.78, 5) is 0.894. The van der Waals surface area contributed by atoms with E-state index in [1.165, 1.54) is 50.1 Å². The molecule has 6 rings (SSSR count). The van der Waals surface area contributed by atoms with Crippen LogP contribution in [0.15, 0.2) is 83.8 Å². The summed E-state index contributed by atoms with van der Waals surface area (Å²) in [6, 6.07) is 28.5. The first-order valence-corrected chi connectivity index (χ1v) is 13.1. The molecule has 0 bridgehead atoms. The van der Waals surface area contributed by atoms with Gasteiger partial charge in [0.25, 0.3) is 0 Å². The molecule has 0 spiro atoms. The Morgan fingerprint density at radius 3 is 1.85 bits per heavy atom. The number of hydrogen-bond acceptors (Lipinski definition) is 1. The van der Waals surface area contributed by atoms with E-state index in [9.17, 15) is 4.21 Å². The molecule has 164 valence electrons. The van der Waals surface area contributed by atoms with Crippen molar-refractivity contribution in [1.82, 2.24) is 0 Å². The van der Waals surface area contributed by atoms with Crippen LogP contribution in [0.4, 0.5) is 0 Å². The topological polar surface area (TPSA) is 17.1 Å². The minimum absolute atomic E-state index is 0.0361. The van der Waals surface area contributed by atoms with Gasteiger partial charge in [-0.25, -0.2) is 0 Å². The maximum Gasteiger partial charge on any atom is 0.0504 e. The van der Waals surface area contributed by atoms with Crippen LogP contribution in [0.25, 0.3) is 33.4 Å². The van der Waals surface area contributed by atoms with Crippen LogP contribution in [-0.2, 0) is 21.6 Å². The summed E-state index contributed by atoms with van der Waals surface area (Å²) in [5.74, 6) is 0. The predicted octanol–water partition coefficient (Wildman–Crippen LogP) is 7.70. The van der Waals surface area contributed by atoms with Crippen LogP contribution >= 0.6 is 0 Å². The average molecular weight is 449 g/mol. The lowest BCUT2D eigenvalue weighted by molar-refractivity contribution is 0.652. The Morgan fingerprint density at radius 1 is 0.545 bits per heavy atom. The first kappa shape index (κ1) is 20.6. The largest absolute Gasteiger partial charge is 0.255 e. The van der Waals surface area contributed by atoms with Gasteiger partial charge in [-0.15, -0.1) is 0 Å². The van der Waals surface area contributed by atoms with Gasteiger partial charge in [0.1, 0.15) is 0 Å². The summed E-state index contributed by atoms with van der Waals surface area (Å²) in [7, 11) is -1.05. The molecule has 2 heteroatoms. The molecule has 2 aliphatic rings. The van der Waals surface area contributed by atoms with E-state index in [4.69, 9.17) is 0 Å². The van der Waals surface area contributed by atoms with Crippen molar-refractivity contribution in [3.63, 3.8) is 0 Å². The van der Waals surface area contributed by atoms with Crippen LogP contribution in [0, 0.1) is 0 Å². The Hall–Kier alpha value is -2.97. The fraction of sp³-hybridized carbons (Fsp3) is 0.226. The first-order chi connectivity index (χ1) is 15.7. The maximum absolute atomic E-state index is 12.6. The van der Waals surface area contributed by atoms with Crippen LogP contribution in [-0.4, -0.2) is 10.5 Å². The van der Waals surface area contributed by atoms with Gasteiger partial charge < -0.3 is 0 Å². The highest BCUT2D eigenvalue weighted by Gasteiger charge is 2.42. The summed E-state index contributed by atoms with van der Waals surface area (Å²) in [6.07, 6.45) is 1.77. The molecule has 2 aliphatic carbocycles. The summed E-state index contributed by atoms with van der Waals surface area (Å²) >= 11 is 0. The monoisotopic (exact) mass is 448 g/mol. The highest BCUT2D eigenvalue weighted by atomic mass is 32.2. The van der Waals surface area contributed by atoms with Crippen molar-refractivity contribution in [1.29, 1.82) is 0 Å². The third-order valence-electron chi connectivity index (χ3n) is 7.89. The van der Waals surface area contributed by atoms with Crippen molar-refractivity contribution in [3.8, 4) is 33.4 Å². The molecule has 0 fully saturated rings. The summed E-state index contributed by atoms with van der Waals surface area (Å²) in [5, 5.41) is 0. The van der Waals surface area contributed by atoms with Gasteiger partial charge in [0.15, 0.2) is 0 Å². The summed E-state index contributed by atoms with van der Waals surface area (Å²) in [6.45, 7) is 9.35. The molecule has 0 amide bonds. The first-order valence-electron chi connectivity index (χ1n) is 11.6. The minimum Gasteiger partial charge on any atom is -0.255 e. The minimum atomic E-state index is -1.05. The second-order valence-electron chi connectivity index (χ2n) is 10.4. The molecule has 0 aliphatic heterocycles. The van der Waals surface area contributed by atoms with Crippen LogP contribution < -0.4 is 0 Å². The van der Waals surface area contributed by atoms with E-state index in [1.54, 1.807) is 6.26 Å². The van der Waals surface area contributed by atoms with Gasteiger partial charge in [0.2, 0.25) is 0 Å². The number of fused-ring (bicyclic) bond motifs is 6. The van der Waals surface area contributed by atoms with Gasteiger partial charge in [0, 0.05) is 22.0 Å². The summed E-state index contributed by atoms with van der Waals surface area (Å²) < 4.78 is 12.6. The molecular formula is C31H28OS. The van der Waals surface area contributed by atoms with Crippen molar-refractivity contribution in [2.75, 3.05) is 6.26 Å². The third kappa shape index (κ3) is 2.68. The molecule has 4 aromatic carbocycles. The molecule has 0 saturated carbocycles. The normalized spacial score (nSPS) is 17.1. The standard InChI is InChI=1S/C31H28OS/c1-30(2)24-14-8-6-11-19(24)22-17-27-23(18-26(22)30)29-21(13-10-15-25(29)31(27,3)4)20-12-7-9-16-28(20)33(5)32/h6-18H,1-5H3. The second-order valence-corrected chi connectivity index (χ2v) is 11.8. The van der Waals surface area contributed by atoms with Gasteiger partial charge in [-0.05, 0) is 73.8 Å². The molecule has 0 saturated heterocycles. The zero-order chi connectivity index (χ0) is 23.1. The molecule has 1 atom stereocenters. The zero-order valence-corrected chi connectivity index (χ0v) is 20.6. The highest BCUT2D eigenvalue weighted by molar-refractivity contribution is 7.84. The van der Waals surface area contributed by atoms with E-state index in [0.717, 1.165) is 10.5 Å². The maximum atomic E-state index is 12.6. The Labute approximate surface area is 199 Å². The number of benzene rings is 4. The summed E-state index contributed by atoms with van der Waals surface area (Å²) in [5.41, 5.74) is 13.0. The SMILES string of the molecule is CS(=O)c1ccccc1-c1cccc2c1-c1cc3c(cc1C2(C)C)-c1ccccc1C3(C)C. The number of hydrogen-bond donors (Lipinski definition) is 0. The lowest BCUT2D eigenvalue weighted by atomic mass is 9.79. The fourth-order valence-corrected chi connectivity index (χ4v) is 6.90. The number of rotatable bonds is 2. The van der Waals surface area contributed by atoms with Crippen molar-refractivity contribution >= 4 is 10.8 Å². The van der Waals surface area contributed by atoms with Gasteiger partial charge in [-0.2, -0.15) is 0 Å². The van der Waals surface area contributed by atoms with Gasteiger partial charge in [-0.1, -0.05) is 88.4 Å². The van der Waals surface area contributed by atoms with E-state index in [0.29, 0.717) is 0 Å². The molecule has 0 radical (unpaired) electrons. The quantitative estimate of drug-likeness (QED) is 0.307. The molecule has 0 heterocycles. The van der Waals surface area contributed by atoms with Gasteiger partial charge in [0.05, 0.1) is 10.8 Å². The molecule has 0 N–H and O–H groups in total. The Bertz CT molecular complexity index is 1490. The fourth-order valence-electron chi connectivity index (χ4n) is 6.14. The van der Waals surface area contributed by atoms with Crippen LogP contribution in [0.3, 0.4) is 0 Å². The Morgan fingerprint density at radius 2 is 1.09 bits per heavy atom. The molecular weight excluding hydrogens is 420 g/mol. The third-order valence-corrected chi connectivity index (χ3v) is 8.86. The average Bonchev–Trinajstić information content (AvgIpc) is 3.18. The van der Waals surface area contributed by atoms with E-state index in [1.807, 2.05) is 12.1 Å². The lowest BCUT2D eigenvalue weighted by Gasteiger charge is -2.24. The Kier molecular flexibility index (Phi) is 4.23. The molecule has 1 nitrogen and oxygen atoms in total. The molecule has 1 unspecified atom stereocenters. The van der Waals surface area contributed by atoms with Crippen molar-refractivity contribution < 1.29 is 4.21 Å². The smallest absolute Gasteiger partial charge is 0.0504 e. The van der Waals surface area contributed by atoms with Crippen molar-refractivity contribution in [2.45, 2.75) is 43.4 Å². The van der Waals surface area contributed by atoms with Gasteiger partial charge in [-0.3, -0.25) is 4.21 Å². The van der Waals surface area contributed by atoms with E-state index >= 15 is 0 Å². The van der Waals surface area contributed by atoms with Gasteiger partial charge >= 0.3 is 0 Å². The molecule has 0 aromatic heterocycles. The Balaban J connectivity index is 1.68. The van der Waals surface area contributed by atoms with Crippen molar-refractivity contribution in [2.24, 2.45) is 0 Å². The van der Waals surface area contributed by atoms with E-state index in [2.05, 4.69) is 94.4 Å². The van der Waals surface area contributed by atoms with Crippen LogP contribution in [0.5, 0.6) is 0 Å². The zero-order valence-electron chi connectivity index (χ0n) is 19.8.